The number of nitrogens with zero attached hydrogens (tertiary/aromatic N) is 1. The standard InChI is InChI=1S/C24H21ClN2O5S/c1-16-13-19(25)9-10-21(16)26-23(28)15-32-24(29)18-6-4-7-20(14-18)33(30,31)27-12-11-17-5-2-3-8-22(17)27/h2-10,13-14H,11-12,15H2,1H3,(H,26,28). The predicted octanol–water partition coefficient (Wildman–Crippen LogP) is 4.20. The zero-order chi connectivity index (χ0) is 23.6. The number of hydrogen-bond acceptors (Lipinski definition) is 5. The van der Waals surface area contributed by atoms with Gasteiger partial charge < -0.3 is 10.1 Å². The largest absolute Gasteiger partial charge is 0.452 e. The number of anilines is 2. The fourth-order valence-electron chi connectivity index (χ4n) is 3.64. The Balaban J connectivity index is 1.44. The number of benzene rings is 3. The topological polar surface area (TPSA) is 92.8 Å². The first-order valence-corrected chi connectivity index (χ1v) is 12.0. The molecule has 1 N–H and O–H groups in total. The summed E-state index contributed by atoms with van der Waals surface area (Å²) in [4.78, 5) is 24.6. The average molecular weight is 485 g/mol. The Hall–Kier alpha value is -3.36. The minimum atomic E-state index is -3.85. The molecule has 0 aromatic heterocycles. The smallest absolute Gasteiger partial charge is 0.338 e. The van der Waals surface area contributed by atoms with Gasteiger partial charge in [0.1, 0.15) is 0 Å². The van der Waals surface area contributed by atoms with Crippen molar-refractivity contribution >= 4 is 44.9 Å². The molecule has 0 fully saturated rings. The second-order valence-electron chi connectivity index (χ2n) is 7.57. The molecule has 33 heavy (non-hydrogen) atoms. The normalized spacial score (nSPS) is 12.8. The molecule has 1 amide bonds. The van der Waals surface area contributed by atoms with Crippen molar-refractivity contribution in [1.82, 2.24) is 0 Å². The van der Waals surface area contributed by atoms with Gasteiger partial charge in [-0.3, -0.25) is 9.10 Å². The monoisotopic (exact) mass is 484 g/mol. The lowest BCUT2D eigenvalue weighted by Crippen LogP contribution is -2.29. The second-order valence-corrected chi connectivity index (χ2v) is 9.87. The van der Waals surface area contributed by atoms with Crippen molar-refractivity contribution in [2.45, 2.75) is 18.2 Å². The third-order valence-electron chi connectivity index (χ3n) is 5.30. The van der Waals surface area contributed by atoms with Gasteiger partial charge in [0.2, 0.25) is 0 Å². The second kappa shape index (κ2) is 9.25. The summed E-state index contributed by atoms with van der Waals surface area (Å²) < 4.78 is 32.8. The van der Waals surface area contributed by atoms with Crippen LogP contribution in [0.3, 0.4) is 0 Å². The van der Waals surface area contributed by atoms with E-state index in [1.165, 1.54) is 28.6 Å². The van der Waals surface area contributed by atoms with Gasteiger partial charge in [-0.1, -0.05) is 35.9 Å². The number of aryl methyl sites for hydroxylation is 1. The van der Waals surface area contributed by atoms with E-state index in [0.29, 0.717) is 29.4 Å². The minimum absolute atomic E-state index is 0.0186. The number of carbonyl (C=O) groups is 2. The molecule has 1 aliphatic rings. The van der Waals surface area contributed by atoms with Gasteiger partial charge in [0.15, 0.2) is 6.61 Å². The van der Waals surface area contributed by atoms with Crippen molar-refractivity contribution in [2.75, 3.05) is 22.8 Å². The molecule has 0 saturated carbocycles. The Morgan fingerprint density at radius 2 is 1.85 bits per heavy atom. The van der Waals surface area contributed by atoms with Gasteiger partial charge in [-0.25, -0.2) is 13.2 Å². The van der Waals surface area contributed by atoms with Crippen LogP contribution in [-0.4, -0.2) is 33.4 Å². The number of para-hydroxylation sites is 1. The molecule has 3 aromatic rings. The number of amides is 1. The summed E-state index contributed by atoms with van der Waals surface area (Å²) in [6.45, 7) is 1.61. The Morgan fingerprint density at radius 3 is 2.64 bits per heavy atom. The average Bonchev–Trinajstić information content (AvgIpc) is 3.24. The van der Waals surface area contributed by atoms with Gasteiger partial charge in [-0.05, 0) is 66.9 Å². The van der Waals surface area contributed by atoms with Crippen molar-refractivity contribution in [2.24, 2.45) is 0 Å². The molecule has 0 unspecified atom stereocenters. The predicted molar refractivity (Wildman–Crippen MR) is 126 cm³/mol. The van der Waals surface area contributed by atoms with Crippen LogP contribution < -0.4 is 9.62 Å². The summed E-state index contributed by atoms with van der Waals surface area (Å²) in [6.07, 6.45) is 0.624. The highest BCUT2D eigenvalue weighted by Gasteiger charge is 2.31. The first kappa shape index (κ1) is 22.8. The molecule has 4 rings (SSSR count). The van der Waals surface area contributed by atoms with Crippen molar-refractivity contribution in [1.29, 1.82) is 0 Å². The Kier molecular flexibility index (Phi) is 6.40. The van der Waals surface area contributed by atoms with E-state index in [0.717, 1.165) is 11.1 Å². The molecular formula is C24H21ClN2O5S. The fourth-order valence-corrected chi connectivity index (χ4v) is 5.41. The minimum Gasteiger partial charge on any atom is -0.452 e. The Labute approximate surface area is 197 Å². The number of fused-ring (bicyclic) bond motifs is 1. The van der Waals surface area contributed by atoms with E-state index in [1.54, 1.807) is 37.3 Å². The number of sulfonamides is 1. The maximum Gasteiger partial charge on any atom is 0.338 e. The molecule has 0 atom stereocenters. The molecule has 1 aliphatic heterocycles. The van der Waals surface area contributed by atoms with Crippen molar-refractivity contribution in [3.8, 4) is 0 Å². The summed E-state index contributed by atoms with van der Waals surface area (Å²) in [5.74, 6) is -1.32. The number of hydrogen-bond donors (Lipinski definition) is 1. The van der Waals surface area contributed by atoms with Crippen molar-refractivity contribution in [3.05, 3.63) is 88.4 Å². The molecular weight excluding hydrogens is 464 g/mol. The first-order chi connectivity index (χ1) is 15.8. The van der Waals surface area contributed by atoms with Gasteiger partial charge in [-0.2, -0.15) is 0 Å². The number of halogens is 1. The van der Waals surface area contributed by atoms with E-state index in [4.69, 9.17) is 16.3 Å². The maximum atomic E-state index is 13.2. The lowest BCUT2D eigenvalue weighted by molar-refractivity contribution is -0.119. The van der Waals surface area contributed by atoms with Crippen molar-refractivity contribution < 1.29 is 22.7 Å². The zero-order valence-electron chi connectivity index (χ0n) is 17.7. The molecule has 170 valence electrons. The number of esters is 1. The SMILES string of the molecule is Cc1cc(Cl)ccc1NC(=O)COC(=O)c1cccc(S(=O)(=O)N2CCc3ccccc32)c1. The summed E-state index contributed by atoms with van der Waals surface area (Å²) in [6, 6.07) is 17.9. The molecule has 0 radical (unpaired) electrons. The zero-order valence-corrected chi connectivity index (χ0v) is 19.3. The van der Waals surface area contributed by atoms with Crippen LogP contribution in [0, 0.1) is 6.92 Å². The third-order valence-corrected chi connectivity index (χ3v) is 7.34. The lowest BCUT2D eigenvalue weighted by atomic mass is 10.2. The third kappa shape index (κ3) is 4.86. The molecule has 0 aliphatic carbocycles. The Morgan fingerprint density at radius 1 is 1.06 bits per heavy atom. The summed E-state index contributed by atoms with van der Waals surface area (Å²) in [7, 11) is -3.85. The summed E-state index contributed by atoms with van der Waals surface area (Å²) in [5.41, 5.74) is 2.96. The van der Waals surface area contributed by atoms with E-state index < -0.39 is 28.5 Å². The van der Waals surface area contributed by atoms with Crippen LogP contribution in [0.25, 0.3) is 0 Å². The highest BCUT2D eigenvalue weighted by Crippen LogP contribution is 2.32. The Bertz CT molecular complexity index is 1340. The molecule has 7 nitrogen and oxygen atoms in total. The number of carbonyl (C=O) groups excluding carboxylic acids is 2. The van der Waals surface area contributed by atoms with Crippen LogP contribution >= 0.6 is 11.6 Å². The van der Waals surface area contributed by atoms with E-state index in [-0.39, 0.29) is 10.5 Å². The summed E-state index contributed by atoms with van der Waals surface area (Å²) in [5, 5.41) is 3.19. The molecule has 0 saturated heterocycles. The van der Waals surface area contributed by atoms with Crippen LogP contribution in [0.5, 0.6) is 0 Å². The van der Waals surface area contributed by atoms with E-state index >= 15 is 0 Å². The highest BCUT2D eigenvalue weighted by molar-refractivity contribution is 7.92. The van der Waals surface area contributed by atoms with Gasteiger partial charge in [0.25, 0.3) is 15.9 Å². The van der Waals surface area contributed by atoms with E-state index in [1.807, 2.05) is 12.1 Å². The number of nitrogens with one attached hydrogen (secondary N) is 1. The van der Waals surface area contributed by atoms with Crippen LogP contribution in [0.15, 0.2) is 71.6 Å². The van der Waals surface area contributed by atoms with Crippen LogP contribution in [0.4, 0.5) is 11.4 Å². The highest BCUT2D eigenvalue weighted by atomic mass is 35.5. The van der Waals surface area contributed by atoms with Gasteiger partial charge in [-0.15, -0.1) is 0 Å². The number of ether oxygens (including phenoxy) is 1. The van der Waals surface area contributed by atoms with E-state index in [9.17, 15) is 18.0 Å². The molecule has 0 spiro atoms. The quantitative estimate of drug-likeness (QED) is 0.529. The van der Waals surface area contributed by atoms with Gasteiger partial charge in [0.05, 0.1) is 16.1 Å². The van der Waals surface area contributed by atoms with Crippen LogP contribution in [0.1, 0.15) is 21.5 Å². The molecule has 9 heteroatoms. The molecule has 0 bridgehead atoms. The first-order valence-electron chi connectivity index (χ1n) is 10.2. The van der Waals surface area contributed by atoms with Crippen LogP contribution in [0.2, 0.25) is 5.02 Å². The van der Waals surface area contributed by atoms with E-state index in [2.05, 4.69) is 5.32 Å². The summed E-state index contributed by atoms with van der Waals surface area (Å²) >= 11 is 5.91. The van der Waals surface area contributed by atoms with Gasteiger partial charge in [0, 0.05) is 17.3 Å². The lowest BCUT2D eigenvalue weighted by Gasteiger charge is -2.19. The molecule has 1 heterocycles. The number of rotatable bonds is 6. The molecule has 3 aromatic carbocycles. The van der Waals surface area contributed by atoms with Gasteiger partial charge >= 0.3 is 5.97 Å². The van der Waals surface area contributed by atoms with Crippen molar-refractivity contribution in [3.63, 3.8) is 0 Å². The van der Waals surface area contributed by atoms with Crippen LogP contribution in [-0.2, 0) is 26.0 Å². The fraction of sp³-hybridized carbons (Fsp3) is 0.167. The maximum absolute atomic E-state index is 13.2.